The summed E-state index contributed by atoms with van der Waals surface area (Å²) in [6, 6.07) is 78.7. The fraction of sp³-hybridized carbons (Fsp3) is 0.154. The molecular weight excluding hydrogens is 1220 g/mol. The molecule has 15 rings (SSSR count). The van der Waals surface area contributed by atoms with Crippen molar-refractivity contribution in [2.24, 2.45) is 0 Å². The van der Waals surface area contributed by atoms with Crippen LogP contribution in [0.25, 0.3) is 110 Å². The van der Waals surface area contributed by atoms with Gasteiger partial charge in [-0.25, -0.2) is 4.98 Å². The van der Waals surface area contributed by atoms with Crippen LogP contribution in [0.3, 0.4) is 0 Å². The molecule has 0 N–H and O–H groups in total. The van der Waals surface area contributed by atoms with E-state index in [2.05, 4.69) is 191 Å². The number of para-hydroxylation sites is 5. The Morgan fingerprint density at radius 1 is 0.447 bits per heavy atom. The predicted molar refractivity (Wildman–Crippen MR) is 353 cm³/mol. The summed E-state index contributed by atoms with van der Waals surface area (Å²) in [6.45, 7) is 4.00. The van der Waals surface area contributed by atoms with Gasteiger partial charge in [0.15, 0.2) is 0 Å². The van der Waals surface area contributed by atoms with Gasteiger partial charge in [0.1, 0.15) is 5.82 Å². The van der Waals surface area contributed by atoms with Crippen LogP contribution in [-0.2, 0) is 37.3 Å². The van der Waals surface area contributed by atoms with Gasteiger partial charge in [0, 0.05) is 73.1 Å². The van der Waals surface area contributed by atoms with E-state index in [1.54, 1.807) is 0 Å². The standard InChI is InChI=1S/C78H64N5O.Pt/c1-76(2,3)50-39-40-79-72(44-50)83-68-37-19-16-31-65(68)73-70(82-66-35-17-14-29-61(66)62-30-15-18-36-67(62)82)46-55(47-71(73)83)84-54-24-20-23-53(45-54)80-48-81-74-56(49-41-51(77(4,5)6)43-52(42-49)78(7,8)9)32-21-33-63(74)59-27-12-10-25-57(59)58-26-11-13-28-60(58)64-34-22-38-69(80)75(64)81;/h10-44,46,48H,1-9H3;/q-3;/i4D3,5D3,6D3;. The number of hydrogen-bond donors (Lipinski definition) is 0. The maximum atomic E-state index is 8.88. The second kappa shape index (κ2) is 20.0. The van der Waals surface area contributed by atoms with Crippen molar-refractivity contribution in [3.05, 3.63) is 254 Å². The molecule has 10 aromatic carbocycles. The maximum absolute atomic E-state index is 8.88. The molecule has 0 aliphatic carbocycles. The number of pyridine rings is 1. The summed E-state index contributed by atoms with van der Waals surface area (Å²) in [7, 11) is 0. The third-order valence-electron chi connectivity index (χ3n) is 16.8. The van der Waals surface area contributed by atoms with Crippen LogP contribution in [0.4, 0.5) is 11.4 Å². The van der Waals surface area contributed by atoms with Gasteiger partial charge >= 0.3 is 0 Å². The SMILES string of the molecule is [2H]C([2H])([2H])C(c1cc(-c2cccc3c4ccccc4c4ccccc4c4cccc5c4n(c23)[CH-]N5c2[c-]c(Oc3[c-]c4c(c(-n5c6ccccc6c6ccccc65)c3)c3ccccc3n4-c3cc(C(C)(C)C)ccn3)ccc2)cc(C(C)(C)C)c1)(C([2H])([2H])[2H])C([2H])([2H])[2H].[Pt]. The summed E-state index contributed by atoms with van der Waals surface area (Å²) in [6.07, 6.45) is 1.88. The van der Waals surface area contributed by atoms with Crippen LogP contribution in [0.2, 0.25) is 0 Å². The zero-order chi connectivity index (χ0) is 64.9. The summed E-state index contributed by atoms with van der Waals surface area (Å²) in [5.74, 6) is 1.63. The molecule has 420 valence electrons. The van der Waals surface area contributed by atoms with E-state index in [4.69, 9.17) is 22.1 Å². The fourth-order valence-electron chi connectivity index (χ4n) is 12.8. The van der Waals surface area contributed by atoms with Gasteiger partial charge < -0.3 is 23.3 Å². The van der Waals surface area contributed by atoms with E-state index in [0.29, 0.717) is 39.4 Å². The maximum Gasteiger partial charge on any atom is 0.135 e. The Hall–Kier alpha value is -9.09. The molecule has 0 saturated carbocycles. The van der Waals surface area contributed by atoms with E-state index in [-0.39, 0.29) is 32.0 Å². The molecule has 0 saturated heterocycles. The average Bonchev–Trinajstić information content (AvgIpc) is 0.954. The molecular formula is C78H64N5OPt-3. The first-order valence-electron chi connectivity index (χ1n) is 33.0. The van der Waals surface area contributed by atoms with E-state index in [9.17, 15) is 0 Å². The Morgan fingerprint density at radius 3 is 1.60 bits per heavy atom. The van der Waals surface area contributed by atoms with Crippen LogP contribution in [0.15, 0.2) is 219 Å². The van der Waals surface area contributed by atoms with Crippen molar-refractivity contribution in [3.8, 4) is 34.1 Å². The molecule has 0 atom stereocenters. The molecule has 5 heterocycles. The molecule has 0 radical (unpaired) electrons. The Morgan fingerprint density at radius 2 is 0.976 bits per heavy atom. The summed E-state index contributed by atoms with van der Waals surface area (Å²) in [5, 5.41) is 9.85. The first kappa shape index (κ1) is 44.4. The first-order valence-corrected chi connectivity index (χ1v) is 28.5. The van der Waals surface area contributed by atoms with Crippen molar-refractivity contribution in [2.45, 2.75) is 78.3 Å². The van der Waals surface area contributed by atoms with E-state index >= 15 is 0 Å². The number of nitrogens with zero attached hydrogens (tertiary/aromatic N) is 5. The Kier molecular flexibility index (Phi) is 10.5. The van der Waals surface area contributed by atoms with E-state index in [1.807, 2.05) is 94.3 Å². The Labute approximate surface area is 523 Å². The second-order valence-electron chi connectivity index (χ2n) is 24.2. The molecule has 0 fully saturated rings. The quantitative estimate of drug-likeness (QED) is 0.156. The van der Waals surface area contributed by atoms with Gasteiger partial charge in [-0.1, -0.05) is 230 Å². The van der Waals surface area contributed by atoms with Gasteiger partial charge in [-0.15, -0.1) is 30.3 Å². The summed E-state index contributed by atoms with van der Waals surface area (Å²) < 4.78 is 93.8. The van der Waals surface area contributed by atoms with E-state index < -0.39 is 31.4 Å². The molecule has 6 nitrogen and oxygen atoms in total. The summed E-state index contributed by atoms with van der Waals surface area (Å²) in [5.41, 5.74) is 6.03. The largest absolute Gasteiger partial charge is 0.509 e. The van der Waals surface area contributed by atoms with Gasteiger partial charge in [0.2, 0.25) is 0 Å². The summed E-state index contributed by atoms with van der Waals surface area (Å²) >= 11 is 0. The first-order chi connectivity index (χ1) is 44.3. The molecule has 7 heteroatoms. The van der Waals surface area contributed by atoms with Gasteiger partial charge in [-0.2, -0.15) is 6.07 Å². The van der Waals surface area contributed by atoms with Crippen LogP contribution < -0.4 is 9.64 Å². The van der Waals surface area contributed by atoms with Gasteiger partial charge in [-0.05, 0) is 142 Å². The van der Waals surface area contributed by atoms with Gasteiger partial charge in [-0.3, -0.25) is 0 Å². The zero-order valence-electron chi connectivity index (χ0n) is 56.8. The number of hydrogen-bond acceptors (Lipinski definition) is 3. The molecule has 1 aliphatic heterocycles. The zero-order valence-corrected chi connectivity index (χ0v) is 50.1. The van der Waals surface area contributed by atoms with E-state index in [1.165, 1.54) is 12.1 Å². The summed E-state index contributed by atoms with van der Waals surface area (Å²) in [4.78, 5) is 7.13. The predicted octanol–water partition coefficient (Wildman–Crippen LogP) is 20.9. The Bertz CT molecular complexity index is 5400. The monoisotopic (exact) mass is 1290 g/mol. The van der Waals surface area contributed by atoms with Crippen molar-refractivity contribution >= 4 is 98.3 Å². The van der Waals surface area contributed by atoms with Crippen molar-refractivity contribution < 1.29 is 38.1 Å². The number of rotatable bonds is 6. The third kappa shape index (κ3) is 8.87. The normalized spacial score (nSPS) is 14.8. The van der Waals surface area contributed by atoms with Crippen molar-refractivity contribution in [3.63, 3.8) is 0 Å². The van der Waals surface area contributed by atoms with Crippen LogP contribution in [0, 0.1) is 18.8 Å². The minimum absolute atomic E-state index is 0. The molecule has 4 aromatic heterocycles. The molecule has 1 aliphatic rings. The number of aromatic nitrogens is 4. The molecule has 85 heavy (non-hydrogen) atoms. The average molecular weight is 1290 g/mol. The second-order valence-corrected chi connectivity index (χ2v) is 24.2. The van der Waals surface area contributed by atoms with Crippen LogP contribution in [0.1, 0.15) is 91.1 Å². The van der Waals surface area contributed by atoms with Crippen molar-refractivity contribution in [1.82, 2.24) is 18.7 Å². The van der Waals surface area contributed by atoms with Crippen molar-refractivity contribution in [2.75, 3.05) is 4.90 Å². The molecule has 0 spiro atoms. The Balaban J connectivity index is 0.00000763. The van der Waals surface area contributed by atoms with Crippen LogP contribution in [0.5, 0.6) is 11.5 Å². The number of ether oxygens (including phenoxy) is 1. The molecule has 14 aromatic rings. The molecule has 0 unspecified atom stereocenters. The molecule has 0 amide bonds. The van der Waals surface area contributed by atoms with E-state index in [0.717, 1.165) is 104 Å². The minimum atomic E-state index is -3.49. The van der Waals surface area contributed by atoms with Crippen LogP contribution in [-0.4, -0.2) is 18.7 Å². The number of benzene rings is 10. The number of anilines is 2. The van der Waals surface area contributed by atoms with Crippen LogP contribution >= 0.6 is 0 Å². The fourth-order valence-corrected chi connectivity index (χ4v) is 12.8. The minimum Gasteiger partial charge on any atom is -0.509 e. The smallest absolute Gasteiger partial charge is 0.135 e. The third-order valence-corrected chi connectivity index (χ3v) is 16.8. The van der Waals surface area contributed by atoms with Gasteiger partial charge in [0.05, 0.1) is 11.0 Å². The number of fused-ring (bicyclic) bond motifs is 13. The van der Waals surface area contributed by atoms with Crippen molar-refractivity contribution in [1.29, 1.82) is 0 Å². The topological polar surface area (TPSA) is 40.1 Å². The molecule has 0 bridgehead atoms. The van der Waals surface area contributed by atoms with Gasteiger partial charge in [0.25, 0.3) is 0 Å².